The Kier molecular flexibility index (Phi) is 4.08. The smallest absolute Gasteiger partial charge is 0.243 e. The van der Waals surface area contributed by atoms with Gasteiger partial charge in [-0.05, 0) is 37.1 Å². The molecule has 1 aliphatic heterocycles. The van der Waals surface area contributed by atoms with Gasteiger partial charge in [0.2, 0.25) is 10.0 Å². The van der Waals surface area contributed by atoms with E-state index in [0.29, 0.717) is 24.5 Å². The van der Waals surface area contributed by atoms with Crippen LogP contribution >= 0.6 is 0 Å². The summed E-state index contributed by atoms with van der Waals surface area (Å²) in [5.41, 5.74) is 2.78. The van der Waals surface area contributed by atoms with Crippen LogP contribution in [0.3, 0.4) is 0 Å². The predicted octanol–water partition coefficient (Wildman–Crippen LogP) is 0.780. The number of hydrogen-bond acceptors (Lipinski definition) is 6. The topological polar surface area (TPSA) is 98.8 Å². The van der Waals surface area contributed by atoms with Crippen LogP contribution in [0, 0.1) is 13.8 Å². The van der Waals surface area contributed by atoms with Gasteiger partial charge in [0.1, 0.15) is 12.2 Å². The quantitative estimate of drug-likeness (QED) is 0.655. The van der Waals surface area contributed by atoms with Gasteiger partial charge in [0.25, 0.3) is 0 Å². The summed E-state index contributed by atoms with van der Waals surface area (Å²) in [5.74, 6) is 0. The number of aromatic nitrogens is 6. The second-order valence-electron chi connectivity index (χ2n) is 6.47. The first-order valence-electron chi connectivity index (χ1n) is 8.26. The molecule has 1 fully saturated rings. The normalized spacial score (nSPS) is 15.9. The minimum absolute atomic E-state index is 0.0110. The zero-order valence-electron chi connectivity index (χ0n) is 14.5. The Morgan fingerprint density at radius 3 is 2.54 bits per heavy atom. The van der Waals surface area contributed by atoms with Crippen molar-refractivity contribution in [2.24, 2.45) is 0 Å². The highest BCUT2D eigenvalue weighted by Gasteiger charge is 2.38. The van der Waals surface area contributed by atoms with Crippen molar-refractivity contribution in [1.82, 2.24) is 34.3 Å². The van der Waals surface area contributed by atoms with E-state index in [1.165, 1.54) is 9.10 Å². The van der Waals surface area contributed by atoms with Crippen LogP contribution in [0.4, 0.5) is 0 Å². The molecule has 0 aliphatic carbocycles. The first-order valence-corrected chi connectivity index (χ1v) is 9.70. The van der Waals surface area contributed by atoms with Gasteiger partial charge in [0, 0.05) is 13.1 Å². The maximum atomic E-state index is 12.7. The van der Waals surface area contributed by atoms with Crippen molar-refractivity contribution in [2.75, 3.05) is 13.1 Å². The maximum Gasteiger partial charge on any atom is 0.243 e. The summed E-state index contributed by atoms with van der Waals surface area (Å²) in [6.07, 6.45) is 5.02. The van der Waals surface area contributed by atoms with E-state index in [1.54, 1.807) is 29.2 Å². The summed E-state index contributed by atoms with van der Waals surface area (Å²) in [5, 5.41) is 16.3. The third kappa shape index (κ3) is 3.01. The average Bonchev–Trinajstić information content (AvgIpc) is 3.21. The van der Waals surface area contributed by atoms with Gasteiger partial charge >= 0.3 is 0 Å². The van der Waals surface area contributed by atoms with Crippen LogP contribution in [-0.4, -0.2) is 55.8 Å². The molecule has 1 aromatic carbocycles. The molecular formula is C16H19N7O2S. The zero-order chi connectivity index (χ0) is 18.3. The van der Waals surface area contributed by atoms with Crippen molar-refractivity contribution in [1.29, 1.82) is 0 Å². The van der Waals surface area contributed by atoms with Crippen molar-refractivity contribution >= 4 is 10.0 Å². The van der Waals surface area contributed by atoms with E-state index >= 15 is 0 Å². The summed E-state index contributed by atoms with van der Waals surface area (Å²) < 4.78 is 28.6. The van der Waals surface area contributed by atoms with E-state index in [0.717, 1.165) is 16.8 Å². The molecule has 136 valence electrons. The van der Waals surface area contributed by atoms with Crippen LogP contribution in [0.15, 0.2) is 41.7 Å². The fourth-order valence-corrected chi connectivity index (χ4v) is 4.44. The van der Waals surface area contributed by atoms with E-state index in [1.807, 2.05) is 26.1 Å². The summed E-state index contributed by atoms with van der Waals surface area (Å²) in [7, 11) is -3.47. The molecular weight excluding hydrogens is 354 g/mol. The molecule has 3 aromatic rings. The Morgan fingerprint density at radius 1 is 1.12 bits per heavy atom. The molecule has 0 amide bonds. The average molecular weight is 373 g/mol. The number of benzene rings is 1. The molecule has 9 nitrogen and oxygen atoms in total. The first-order chi connectivity index (χ1) is 12.4. The van der Waals surface area contributed by atoms with Gasteiger partial charge in [-0.2, -0.15) is 19.3 Å². The fraction of sp³-hybridized carbons (Fsp3) is 0.375. The van der Waals surface area contributed by atoms with Crippen molar-refractivity contribution in [3.05, 3.63) is 53.6 Å². The second kappa shape index (κ2) is 6.29. The summed E-state index contributed by atoms with van der Waals surface area (Å²) in [6, 6.07) is 5.22. The van der Waals surface area contributed by atoms with Gasteiger partial charge in [-0.15, -0.1) is 5.10 Å². The summed E-state index contributed by atoms with van der Waals surface area (Å²) in [4.78, 5) is 1.86. The first kappa shape index (κ1) is 16.9. The van der Waals surface area contributed by atoms with Crippen LogP contribution in [-0.2, 0) is 16.6 Å². The van der Waals surface area contributed by atoms with Crippen molar-refractivity contribution in [3.8, 4) is 0 Å². The van der Waals surface area contributed by atoms with E-state index < -0.39 is 10.0 Å². The summed E-state index contributed by atoms with van der Waals surface area (Å²) >= 11 is 0. The molecule has 1 saturated heterocycles. The number of nitrogens with zero attached hydrogens (tertiary/aromatic N) is 7. The Morgan fingerprint density at radius 2 is 1.85 bits per heavy atom. The number of rotatable bonds is 5. The van der Waals surface area contributed by atoms with E-state index in [-0.39, 0.29) is 6.04 Å². The Labute approximate surface area is 151 Å². The Balaban J connectivity index is 1.43. The SMILES string of the molecule is Cc1ccc(S(=O)(=O)N2CC(n3cc(Cn4nccn4)nn3)C2)cc1C. The van der Waals surface area contributed by atoms with Crippen LogP contribution in [0.25, 0.3) is 0 Å². The van der Waals surface area contributed by atoms with Crippen LogP contribution in [0.2, 0.25) is 0 Å². The maximum absolute atomic E-state index is 12.7. The molecule has 4 rings (SSSR count). The fourth-order valence-electron chi connectivity index (χ4n) is 2.84. The van der Waals surface area contributed by atoms with Crippen LogP contribution < -0.4 is 0 Å². The molecule has 1 aliphatic rings. The van der Waals surface area contributed by atoms with Crippen LogP contribution in [0.5, 0.6) is 0 Å². The lowest BCUT2D eigenvalue weighted by Crippen LogP contribution is -2.50. The molecule has 0 spiro atoms. The van der Waals surface area contributed by atoms with Crippen molar-refractivity contribution in [3.63, 3.8) is 0 Å². The van der Waals surface area contributed by atoms with Gasteiger partial charge in [0.15, 0.2) is 0 Å². The standard InChI is InChI=1S/C16H19N7O2S/c1-12-3-4-16(7-13(12)2)26(24,25)21-10-15(11-21)22-8-14(19-20-22)9-23-17-5-6-18-23/h3-8,15H,9-11H2,1-2H3. The van der Waals surface area contributed by atoms with Gasteiger partial charge < -0.3 is 0 Å². The monoisotopic (exact) mass is 373 g/mol. The molecule has 10 heteroatoms. The third-order valence-electron chi connectivity index (χ3n) is 4.65. The molecule has 0 N–H and O–H groups in total. The molecule has 2 aromatic heterocycles. The lowest BCUT2D eigenvalue weighted by molar-refractivity contribution is 0.189. The number of hydrogen-bond donors (Lipinski definition) is 0. The van der Waals surface area contributed by atoms with Crippen molar-refractivity contribution < 1.29 is 8.42 Å². The molecule has 0 unspecified atom stereocenters. The second-order valence-corrected chi connectivity index (χ2v) is 8.41. The largest absolute Gasteiger partial charge is 0.246 e. The highest BCUT2D eigenvalue weighted by atomic mass is 32.2. The van der Waals surface area contributed by atoms with Crippen LogP contribution in [0.1, 0.15) is 22.9 Å². The Hall–Kier alpha value is -2.59. The van der Waals surface area contributed by atoms with Crippen molar-refractivity contribution in [2.45, 2.75) is 31.3 Å². The highest BCUT2D eigenvalue weighted by molar-refractivity contribution is 7.89. The van der Waals surface area contributed by atoms with E-state index in [2.05, 4.69) is 20.5 Å². The Bertz CT molecular complexity index is 1020. The molecule has 0 saturated carbocycles. The molecule has 3 heterocycles. The lowest BCUT2D eigenvalue weighted by Gasteiger charge is -2.37. The minimum Gasteiger partial charge on any atom is -0.246 e. The predicted molar refractivity (Wildman–Crippen MR) is 92.9 cm³/mol. The van der Waals surface area contributed by atoms with Gasteiger partial charge in [-0.25, -0.2) is 13.1 Å². The van der Waals surface area contributed by atoms with Gasteiger partial charge in [-0.1, -0.05) is 11.3 Å². The highest BCUT2D eigenvalue weighted by Crippen LogP contribution is 2.28. The number of sulfonamides is 1. The molecule has 26 heavy (non-hydrogen) atoms. The lowest BCUT2D eigenvalue weighted by atomic mass is 10.1. The summed E-state index contributed by atoms with van der Waals surface area (Å²) in [6.45, 7) is 5.09. The van der Waals surface area contributed by atoms with Gasteiger partial charge in [0.05, 0.1) is 29.5 Å². The molecule has 0 atom stereocenters. The van der Waals surface area contributed by atoms with Gasteiger partial charge in [-0.3, -0.25) is 0 Å². The zero-order valence-corrected chi connectivity index (χ0v) is 15.3. The third-order valence-corrected chi connectivity index (χ3v) is 6.47. The number of aryl methyl sites for hydroxylation is 2. The molecule has 0 radical (unpaired) electrons. The molecule has 0 bridgehead atoms. The van der Waals surface area contributed by atoms with E-state index in [4.69, 9.17) is 0 Å². The van der Waals surface area contributed by atoms with E-state index in [9.17, 15) is 8.42 Å². The minimum atomic E-state index is -3.47.